The van der Waals surface area contributed by atoms with Crippen LogP contribution in [0.2, 0.25) is 0 Å². The number of hydrogen-bond donors (Lipinski definition) is 1. The zero-order chi connectivity index (χ0) is 17.2. The molecule has 6 nitrogen and oxygen atoms in total. The second kappa shape index (κ2) is 6.96. The molecule has 1 amide bonds. The molecule has 1 aromatic heterocycles. The van der Waals surface area contributed by atoms with Gasteiger partial charge in [-0.2, -0.15) is 0 Å². The summed E-state index contributed by atoms with van der Waals surface area (Å²) in [6, 6.07) is 5.16. The Bertz CT molecular complexity index is 853. The molecule has 0 bridgehead atoms. The van der Waals surface area contributed by atoms with Gasteiger partial charge in [-0.1, -0.05) is 6.42 Å². The summed E-state index contributed by atoms with van der Waals surface area (Å²) in [5.74, 6) is 0.696. The number of rotatable bonds is 3. The van der Waals surface area contributed by atoms with Crippen molar-refractivity contribution in [3.63, 3.8) is 0 Å². The van der Waals surface area contributed by atoms with Gasteiger partial charge in [0, 0.05) is 31.7 Å². The fourth-order valence-electron chi connectivity index (χ4n) is 3.67. The summed E-state index contributed by atoms with van der Waals surface area (Å²) in [6.07, 6.45) is 6.17. The van der Waals surface area contributed by atoms with Crippen LogP contribution in [0.3, 0.4) is 0 Å². The van der Waals surface area contributed by atoms with E-state index in [0.717, 1.165) is 57.5 Å². The molecule has 132 valence electrons. The predicted molar refractivity (Wildman–Crippen MR) is 94.9 cm³/mol. The second-order valence-electron chi connectivity index (χ2n) is 6.87. The molecule has 1 aromatic carbocycles. The molecule has 1 N–H and O–H groups in total. The molecule has 1 atom stereocenters. The highest BCUT2D eigenvalue weighted by Gasteiger charge is 2.18. The van der Waals surface area contributed by atoms with Crippen LogP contribution in [0, 0.1) is 0 Å². The van der Waals surface area contributed by atoms with Gasteiger partial charge in [-0.3, -0.25) is 14.2 Å². The van der Waals surface area contributed by atoms with Crippen molar-refractivity contribution in [1.29, 1.82) is 0 Å². The van der Waals surface area contributed by atoms with Crippen LogP contribution in [0.5, 0.6) is 0 Å². The number of nitrogens with zero attached hydrogens (tertiary/aromatic N) is 2. The molecular formula is C19H23N3O3. The summed E-state index contributed by atoms with van der Waals surface area (Å²) in [5.41, 5.74) is 1.16. The van der Waals surface area contributed by atoms with E-state index in [1.807, 2.05) is 0 Å². The number of benzene rings is 1. The third-order valence-electron chi connectivity index (χ3n) is 5.09. The van der Waals surface area contributed by atoms with Crippen LogP contribution < -0.4 is 10.9 Å². The van der Waals surface area contributed by atoms with E-state index in [-0.39, 0.29) is 17.6 Å². The summed E-state index contributed by atoms with van der Waals surface area (Å²) in [7, 11) is 0. The van der Waals surface area contributed by atoms with Gasteiger partial charge in [0.2, 0.25) is 0 Å². The zero-order valence-corrected chi connectivity index (χ0v) is 14.3. The Labute approximate surface area is 146 Å². The molecule has 2 aromatic rings. The molecule has 0 aliphatic carbocycles. The minimum Gasteiger partial charge on any atom is -0.376 e. The molecule has 0 saturated carbocycles. The van der Waals surface area contributed by atoms with Crippen LogP contribution in [0.1, 0.15) is 48.3 Å². The van der Waals surface area contributed by atoms with E-state index in [2.05, 4.69) is 10.3 Å². The fourth-order valence-corrected chi connectivity index (χ4v) is 3.67. The lowest BCUT2D eigenvalue weighted by Gasteiger charge is -2.12. The minimum atomic E-state index is -0.144. The predicted octanol–water partition coefficient (Wildman–Crippen LogP) is 2.03. The summed E-state index contributed by atoms with van der Waals surface area (Å²) in [4.78, 5) is 29.8. The fraction of sp³-hybridized carbons (Fsp3) is 0.526. The van der Waals surface area contributed by atoms with Crippen LogP contribution in [-0.4, -0.2) is 34.7 Å². The van der Waals surface area contributed by atoms with Gasteiger partial charge < -0.3 is 10.1 Å². The second-order valence-corrected chi connectivity index (χ2v) is 6.87. The van der Waals surface area contributed by atoms with Crippen molar-refractivity contribution in [2.24, 2.45) is 0 Å². The highest BCUT2D eigenvalue weighted by Crippen LogP contribution is 2.17. The molecular weight excluding hydrogens is 318 g/mol. The summed E-state index contributed by atoms with van der Waals surface area (Å²) in [6.45, 7) is 2.04. The first-order valence-electron chi connectivity index (χ1n) is 9.15. The Balaban J connectivity index is 1.61. The molecule has 25 heavy (non-hydrogen) atoms. The first-order chi connectivity index (χ1) is 12.2. The van der Waals surface area contributed by atoms with Crippen molar-refractivity contribution in [3.8, 4) is 0 Å². The number of amides is 1. The Morgan fingerprint density at radius 2 is 2.20 bits per heavy atom. The zero-order valence-electron chi connectivity index (χ0n) is 14.3. The maximum Gasteiger partial charge on any atom is 0.261 e. The van der Waals surface area contributed by atoms with Crippen molar-refractivity contribution in [2.75, 3.05) is 13.2 Å². The number of hydrogen-bond acceptors (Lipinski definition) is 4. The van der Waals surface area contributed by atoms with E-state index in [1.165, 1.54) is 0 Å². The molecule has 2 aliphatic rings. The molecule has 6 heteroatoms. The molecule has 4 rings (SSSR count). The monoisotopic (exact) mass is 341 g/mol. The van der Waals surface area contributed by atoms with Gasteiger partial charge in [0.05, 0.1) is 17.0 Å². The first kappa shape index (κ1) is 16.3. The van der Waals surface area contributed by atoms with Gasteiger partial charge in [-0.15, -0.1) is 0 Å². The van der Waals surface area contributed by atoms with Gasteiger partial charge in [-0.05, 0) is 43.9 Å². The van der Waals surface area contributed by atoms with E-state index >= 15 is 0 Å². The van der Waals surface area contributed by atoms with Crippen LogP contribution in [0.15, 0.2) is 23.0 Å². The number of nitrogens with one attached hydrogen (secondary N) is 1. The topological polar surface area (TPSA) is 73.2 Å². The van der Waals surface area contributed by atoms with Crippen LogP contribution in [0.4, 0.5) is 0 Å². The summed E-state index contributed by atoms with van der Waals surface area (Å²) < 4.78 is 7.33. The molecule has 1 fully saturated rings. The van der Waals surface area contributed by atoms with Gasteiger partial charge in [0.25, 0.3) is 11.5 Å². The lowest BCUT2D eigenvalue weighted by molar-refractivity contribution is 0.0858. The van der Waals surface area contributed by atoms with Crippen molar-refractivity contribution in [2.45, 2.75) is 51.2 Å². The quantitative estimate of drug-likeness (QED) is 0.927. The minimum absolute atomic E-state index is 0.00761. The van der Waals surface area contributed by atoms with Crippen molar-refractivity contribution >= 4 is 16.8 Å². The van der Waals surface area contributed by atoms with Crippen molar-refractivity contribution in [1.82, 2.24) is 14.9 Å². The van der Waals surface area contributed by atoms with E-state index in [9.17, 15) is 9.59 Å². The van der Waals surface area contributed by atoms with Crippen molar-refractivity contribution in [3.05, 3.63) is 39.9 Å². The van der Waals surface area contributed by atoms with E-state index in [0.29, 0.717) is 23.0 Å². The van der Waals surface area contributed by atoms with Gasteiger partial charge in [0.15, 0.2) is 0 Å². The van der Waals surface area contributed by atoms with Gasteiger partial charge >= 0.3 is 0 Å². The van der Waals surface area contributed by atoms with E-state index in [1.54, 1.807) is 22.8 Å². The molecule has 3 heterocycles. The number of fused-ring (bicyclic) bond motifs is 2. The lowest BCUT2D eigenvalue weighted by Crippen LogP contribution is -2.31. The Morgan fingerprint density at radius 3 is 3.04 bits per heavy atom. The average Bonchev–Trinajstić information content (AvgIpc) is 3.04. The third-order valence-corrected chi connectivity index (χ3v) is 5.09. The highest BCUT2D eigenvalue weighted by atomic mass is 16.5. The lowest BCUT2D eigenvalue weighted by atomic mass is 10.1. The first-order valence-corrected chi connectivity index (χ1v) is 9.15. The summed E-state index contributed by atoms with van der Waals surface area (Å²) in [5, 5.41) is 3.50. The molecule has 1 saturated heterocycles. The van der Waals surface area contributed by atoms with Crippen LogP contribution in [0.25, 0.3) is 10.9 Å². The van der Waals surface area contributed by atoms with Crippen LogP contribution in [-0.2, 0) is 17.7 Å². The van der Waals surface area contributed by atoms with Crippen molar-refractivity contribution < 1.29 is 9.53 Å². The molecule has 2 aliphatic heterocycles. The Hall–Kier alpha value is -2.21. The maximum atomic E-state index is 12.7. The number of aryl methyl sites for hydroxylation is 1. The molecule has 0 spiro atoms. The maximum absolute atomic E-state index is 12.7. The standard InChI is InChI=1S/C19H23N3O3/c23-18(20-12-14-5-4-10-25-14)13-7-8-15-16(11-13)21-17-6-2-1-3-9-22(17)19(15)24/h7-8,11,14H,1-6,9-10,12H2,(H,20,23). The van der Waals surface area contributed by atoms with Gasteiger partial charge in [0.1, 0.15) is 5.82 Å². The van der Waals surface area contributed by atoms with E-state index < -0.39 is 0 Å². The van der Waals surface area contributed by atoms with Gasteiger partial charge in [-0.25, -0.2) is 4.98 Å². The largest absolute Gasteiger partial charge is 0.376 e. The average molecular weight is 341 g/mol. The summed E-state index contributed by atoms with van der Waals surface area (Å²) >= 11 is 0. The highest BCUT2D eigenvalue weighted by molar-refractivity contribution is 5.97. The number of aromatic nitrogens is 2. The molecule has 0 radical (unpaired) electrons. The Morgan fingerprint density at radius 1 is 1.28 bits per heavy atom. The SMILES string of the molecule is O=C(NCC1CCCO1)c1ccc2c(=O)n3c(nc2c1)CCCCC3. The van der Waals surface area contributed by atoms with E-state index in [4.69, 9.17) is 4.74 Å². The smallest absolute Gasteiger partial charge is 0.261 e. The number of ether oxygens (including phenoxy) is 1. The van der Waals surface area contributed by atoms with Crippen LogP contribution >= 0.6 is 0 Å². The Kier molecular flexibility index (Phi) is 4.53. The third kappa shape index (κ3) is 3.31. The molecule has 1 unspecified atom stereocenters. The number of carbonyl (C=O) groups is 1. The normalized spacial score (nSPS) is 20.2. The number of carbonyl (C=O) groups excluding carboxylic acids is 1.